The minimum absolute atomic E-state index is 1.29. The molecule has 0 aliphatic heterocycles. The molecule has 0 radical (unpaired) electrons. The Hall–Kier alpha value is -2.12. The van der Waals surface area contributed by atoms with Crippen molar-refractivity contribution in [2.75, 3.05) is 0 Å². The van der Waals surface area contributed by atoms with Gasteiger partial charge in [0.1, 0.15) is 0 Å². The lowest BCUT2D eigenvalue weighted by Crippen LogP contribution is -2.16. The smallest absolute Gasteiger partial charge is 0.0695 e. The maximum atomic E-state index is 2.55. The predicted molar refractivity (Wildman–Crippen MR) is 99.8 cm³/mol. The molecule has 0 saturated heterocycles. The zero-order valence-corrected chi connectivity index (χ0v) is 14.4. The van der Waals surface area contributed by atoms with Gasteiger partial charge in [0.25, 0.3) is 0 Å². The first-order chi connectivity index (χ1) is 10.5. The van der Waals surface area contributed by atoms with Crippen LogP contribution in [0.4, 0.5) is 0 Å². The fourth-order valence-corrected chi connectivity index (χ4v) is 4.55. The van der Waals surface area contributed by atoms with Gasteiger partial charge in [-0.1, -0.05) is 73.9 Å². The molecule has 0 nitrogen and oxygen atoms in total. The van der Waals surface area contributed by atoms with Crippen molar-refractivity contribution in [2.45, 2.75) is 19.6 Å². The molecule has 1 aliphatic carbocycles. The first-order valence-corrected chi connectivity index (χ1v) is 11.5. The maximum Gasteiger partial charge on any atom is 0.0695 e. The lowest BCUT2D eigenvalue weighted by Gasteiger charge is -2.13. The predicted octanol–water partition coefficient (Wildman–Crippen LogP) is 6.13. The third-order valence-electron chi connectivity index (χ3n) is 4.26. The van der Waals surface area contributed by atoms with E-state index in [1.54, 1.807) is 0 Å². The van der Waals surface area contributed by atoms with Gasteiger partial charge in [0.2, 0.25) is 0 Å². The highest BCUT2D eigenvalue weighted by atomic mass is 28.3. The van der Waals surface area contributed by atoms with Crippen LogP contribution in [0.1, 0.15) is 11.1 Å². The molecule has 108 valence electrons. The van der Waals surface area contributed by atoms with Gasteiger partial charge in [-0.05, 0) is 50.7 Å². The van der Waals surface area contributed by atoms with Crippen molar-refractivity contribution in [3.63, 3.8) is 0 Å². The van der Waals surface area contributed by atoms with Crippen LogP contribution < -0.4 is 0 Å². The molecule has 0 spiro atoms. The summed E-state index contributed by atoms with van der Waals surface area (Å²) >= 11 is 0. The fraction of sp³-hybridized carbons (Fsp3) is 0.143. The second kappa shape index (κ2) is 4.69. The third kappa shape index (κ3) is 2.13. The Morgan fingerprint density at radius 3 is 1.82 bits per heavy atom. The average Bonchev–Trinajstić information content (AvgIpc) is 2.78. The molecule has 0 unspecified atom stereocenters. The van der Waals surface area contributed by atoms with Gasteiger partial charge < -0.3 is 0 Å². The number of hydrogen-bond donors (Lipinski definition) is 0. The van der Waals surface area contributed by atoms with Crippen molar-refractivity contribution in [1.82, 2.24) is 0 Å². The summed E-state index contributed by atoms with van der Waals surface area (Å²) in [5, 5.41) is 2.65. The van der Waals surface area contributed by atoms with Crippen LogP contribution in [0, 0.1) is 0 Å². The topological polar surface area (TPSA) is 0 Å². The van der Waals surface area contributed by atoms with Gasteiger partial charge in [-0.3, -0.25) is 0 Å². The van der Waals surface area contributed by atoms with E-state index in [1.165, 1.54) is 38.6 Å². The van der Waals surface area contributed by atoms with Crippen molar-refractivity contribution in [2.24, 2.45) is 0 Å². The molecule has 0 fully saturated rings. The van der Waals surface area contributed by atoms with E-state index in [2.05, 4.69) is 86.0 Å². The molecular weight excluding hydrogens is 280 g/mol. The quantitative estimate of drug-likeness (QED) is 0.371. The van der Waals surface area contributed by atoms with E-state index < -0.39 is 8.07 Å². The van der Waals surface area contributed by atoms with Crippen molar-refractivity contribution in [3.8, 4) is 11.1 Å². The SMILES string of the molecule is C[Si](C)(C)/C=C1/c2ccccc2-c2cc3ccccc3cc21. The molecular formula is C21H20Si. The molecule has 0 N–H and O–H groups in total. The zero-order valence-electron chi connectivity index (χ0n) is 13.4. The van der Waals surface area contributed by atoms with E-state index in [-0.39, 0.29) is 0 Å². The van der Waals surface area contributed by atoms with Gasteiger partial charge >= 0.3 is 0 Å². The Kier molecular flexibility index (Phi) is 2.88. The lowest BCUT2D eigenvalue weighted by atomic mass is 10.00. The largest absolute Gasteiger partial charge is 0.0867 e. The summed E-state index contributed by atoms with van der Waals surface area (Å²) in [4.78, 5) is 0. The number of benzene rings is 3. The summed E-state index contributed by atoms with van der Waals surface area (Å²) in [6, 6.07) is 22.2. The van der Waals surface area contributed by atoms with Gasteiger partial charge in [-0.15, -0.1) is 0 Å². The van der Waals surface area contributed by atoms with Gasteiger partial charge in [0.15, 0.2) is 0 Å². The average molecular weight is 300 g/mol. The summed E-state index contributed by atoms with van der Waals surface area (Å²) in [6.45, 7) is 7.21. The summed E-state index contributed by atoms with van der Waals surface area (Å²) in [5.74, 6) is 0. The standard InChI is InChI=1S/C21H20Si/c1-22(2,3)14-21-18-11-7-6-10-17(18)19-12-15-8-4-5-9-16(15)13-20(19)21/h4-14H,1-3H3/b21-14-. The Morgan fingerprint density at radius 1 is 0.636 bits per heavy atom. The molecule has 0 heterocycles. The third-order valence-corrected chi connectivity index (χ3v) is 5.42. The molecule has 3 aromatic carbocycles. The molecule has 0 atom stereocenters. The fourth-order valence-electron chi connectivity index (χ4n) is 3.37. The van der Waals surface area contributed by atoms with Crippen LogP contribution in [0.3, 0.4) is 0 Å². The highest BCUT2D eigenvalue weighted by molar-refractivity contribution is 6.82. The van der Waals surface area contributed by atoms with Gasteiger partial charge in [0.05, 0.1) is 8.07 Å². The van der Waals surface area contributed by atoms with Crippen LogP contribution in [0.25, 0.3) is 27.5 Å². The number of fused-ring (bicyclic) bond motifs is 4. The molecule has 0 aromatic heterocycles. The molecule has 0 bridgehead atoms. The van der Waals surface area contributed by atoms with Gasteiger partial charge in [0, 0.05) is 0 Å². The van der Waals surface area contributed by atoms with Crippen LogP contribution >= 0.6 is 0 Å². The number of rotatable bonds is 1. The first kappa shape index (κ1) is 13.5. The highest BCUT2D eigenvalue weighted by Crippen LogP contribution is 2.46. The van der Waals surface area contributed by atoms with Crippen molar-refractivity contribution >= 4 is 24.4 Å². The van der Waals surface area contributed by atoms with Crippen LogP contribution in [0.15, 0.2) is 66.4 Å². The van der Waals surface area contributed by atoms with Crippen LogP contribution in [0.5, 0.6) is 0 Å². The van der Waals surface area contributed by atoms with Crippen molar-refractivity contribution in [3.05, 3.63) is 77.5 Å². The minimum Gasteiger partial charge on any atom is -0.0867 e. The Labute approximate surface area is 133 Å². The van der Waals surface area contributed by atoms with E-state index in [1.807, 2.05) is 0 Å². The molecule has 22 heavy (non-hydrogen) atoms. The first-order valence-electron chi connectivity index (χ1n) is 7.89. The van der Waals surface area contributed by atoms with Gasteiger partial charge in [-0.25, -0.2) is 0 Å². The molecule has 0 saturated carbocycles. The summed E-state index contributed by atoms with van der Waals surface area (Å²) < 4.78 is 0. The lowest BCUT2D eigenvalue weighted by molar-refractivity contribution is 1.65. The summed E-state index contributed by atoms with van der Waals surface area (Å²) in [6.07, 6.45) is 0. The van der Waals surface area contributed by atoms with Crippen LogP contribution in [-0.2, 0) is 0 Å². The van der Waals surface area contributed by atoms with E-state index in [4.69, 9.17) is 0 Å². The highest BCUT2D eigenvalue weighted by Gasteiger charge is 2.25. The van der Waals surface area contributed by atoms with Crippen molar-refractivity contribution in [1.29, 1.82) is 0 Å². The normalized spacial score (nSPS) is 15.1. The van der Waals surface area contributed by atoms with Gasteiger partial charge in [-0.2, -0.15) is 0 Å². The maximum absolute atomic E-state index is 2.55. The van der Waals surface area contributed by atoms with Crippen LogP contribution in [0.2, 0.25) is 19.6 Å². The molecule has 1 aliphatic rings. The zero-order chi connectivity index (χ0) is 15.3. The molecule has 4 rings (SSSR count). The molecule has 0 amide bonds. The minimum atomic E-state index is -1.29. The van der Waals surface area contributed by atoms with Crippen LogP contribution in [-0.4, -0.2) is 8.07 Å². The van der Waals surface area contributed by atoms with E-state index in [9.17, 15) is 0 Å². The van der Waals surface area contributed by atoms with E-state index >= 15 is 0 Å². The van der Waals surface area contributed by atoms with E-state index in [0.717, 1.165) is 0 Å². The van der Waals surface area contributed by atoms with Crippen molar-refractivity contribution < 1.29 is 0 Å². The molecule has 1 heteroatoms. The summed E-state index contributed by atoms with van der Waals surface area (Å²) in [5.41, 5.74) is 9.56. The second-order valence-corrected chi connectivity index (χ2v) is 12.2. The Bertz CT molecular complexity index is 911. The molecule has 3 aromatic rings. The second-order valence-electron chi connectivity index (χ2n) is 7.21. The van der Waals surface area contributed by atoms with E-state index in [0.29, 0.717) is 0 Å². The Balaban J connectivity index is 2.08. The summed E-state index contributed by atoms with van der Waals surface area (Å²) in [7, 11) is -1.29. The Morgan fingerprint density at radius 2 is 1.18 bits per heavy atom. The number of hydrogen-bond acceptors (Lipinski definition) is 0. The monoisotopic (exact) mass is 300 g/mol.